The first-order chi connectivity index (χ1) is 16.7. The Bertz CT molecular complexity index is 1070. The molecular weight excluding hydrogens is 450 g/mol. The molecule has 35 heavy (non-hydrogen) atoms. The van der Waals surface area contributed by atoms with Crippen molar-refractivity contribution in [3.63, 3.8) is 0 Å². The summed E-state index contributed by atoms with van der Waals surface area (Å²) < 4.78 is 21.8. The minimum Gasteiger partial charge on any atom is -0.493 e. The molecule has 1 aromatic rings. The number of esters is 2. The predicted molar refractivity (Wildman–Crippen MR) is 130 cm³/mol. The molecule has 0 fully saturated rings. The van der Waals surface area contributed by atoms with Gasteiger partial charge in [0.05, 0.1) is 32.5 Å². The van der Waals surface area contributed by atoms with E-state index in [1.54, 1.807) is 19.1 Å². The van der Waals surface area contributed by atoms with Crippen LogP contribution in [0.5, 0.6) is 11.5 Å². The lowest BCUT2D eigenvalue weighted by atomic mass is 9.69. The number of hydrogen-bond acceptors (Lipinski definition) is 8. The van der Waals surface area contributed by atoms with Gasteiger partial charge < -0.3 is 24.3 Å². The van der Waals surface area contributed by atoms with E-state index >= 15 is 0 Å². The molecule has 8 heteroatoms. The van der Waals surface area contributed by atoms with Crippen molar-refractivity contribution in [3.05, 3.63) is 46.3 Å². The Morgan fingerprint density at radius 3 is 2.49 bits per heavy atom. The molecule has 2 aliphatic rings. The van der Waals surface area contributed by atoms with Gasteiger partial charge in [-0.2, -0.15) is 0 Å². The quantitative estimate of drug-likeness (QED) is 0.435. The predicted octanol–water partition coefficient (Wildman–Crippen LogP) is 4.05. The smallest absolute Gasteiger partial charge is 0.337 e. The molecule has 3 rings (SSSR count). The number of methoxy groups -OCH3 is 2. The number of hydrogen-bond donors (Lipinski definition) is 1. The van der Waals surface area contributed by atoms with Crippen LogP contribution in [0.15, 0.2) is 40.7 Å². The van der Waals surface area contributed by atoms with E-state index < -0.39 is 23.8 Å². The largest absolute Gasteiger partial charge is 0.493 e. The maximum absolute atomic E-state index is 13.8. The van der Waals surface area contributed by atoms with E-state index in [0.717, 1.165) is 0 Å². The number of Topliss-reactive ketones (excluding diaryl/α,β-unsaturated/α-hetero) is 1. The summed E-state index contributed by atoms with van der Waals surface area (Å²) in [6, 6.07) is 5.35. The summed E-state index contributed by atoms with van der Waals surface area (Å²) in [6.07, 6.45) is 0.830. The summed E-state index contributed by atoms with van der Waals surface area (Å²) in [5.41, 5.74) is 2.71. The Hall–Kier alpha value is -3.29. The van der Waals surface area contributed by atoms with Gasteiger partial charge in [-0.1, -0.05) is 19.9 Å². The van der Waals surface area contributed by atoms with Crippen LogP contribution in [-0.2, 0) is 23.9 Å². The molecule has 0 spiro atoms. The van der Waals surface area contributed by atoms with Gasteiger partial charge in [0, 0.05) is 22.9 Å². The summed E-state index contributed by atoms with van der Waals surface area (Å²) >= 11 is 0. The van der Waals surface area contributed by atoms with Crippen molar-refractivity contribution in [2.24, 2.45) is 11.8 Å². The van der Waals surface area contributed by atoms with Gasteiger partial charge in [-0.05, 0) is 57.2 Å². The van der Waals surface area contributed by atoms with Crippen molar-refractivity contribution in [2.45, 2.75) is 59.5 Å². The molecule has 1 aromatic carbocycles. The summed E-state index contributed by atoms with van der Waals surface area (Å²) in [6.45, 7) is 9.75. The first kappa shape index (κ1) is 26.3. The highest BCUT2D eigenvalue weighted by molar-refractivity contribution is 6.12. The summed E-state index contributed by atoms with van der Waals surface area (Å²) in [5, 5.41) is 3.27. The highest BCUT2D eigenvalue weighted by atomic mass is 16.5. The summed E-state index contributed by atoms with van der Waals surface area (Å²) in [7, 11) is 2.81. The number of nitrogens with one attached hydrogen (secondary N) is 1. The second kappa shape index (κ2) is 11.0. The minimum absolute atomic E-state index is 0.252. The number of benzene rings is 1. The molecule has 1 heterocycles. The van der Waals surface area contributed by atoms with Gasteiger partial charge in [0.25, 0.3) is 0 Å². The maximum atomic E-state index is 13.8. The summed E-state index contributed by atoms with van der Waals surface area (Å²) in [4.78, 5) is 39.8. The average molecular weight is 486 g/mol. The van der Waals surface area contributed by atoms with Crippen molar-refractivity contribution >= 4 is 17.7 Å². The molecule has 0 unspecified atom stereocenters. The Balaban J connectivity index is 2.20. The van der Waals surface area contributed by atoms with Gasteiger partial charge in [0.1, 0.15) is 5.92 Å². The molecule has 8 nitrogen and oxygen atoms in total. The molecule has 0 radical (unpaired) electrons. The van der Waals surface area contributed by atoms with Crippen LogP contribution in [0.3, 0.4) is 0 Å². The van der Waals surface area contributed by atoms with Crippen molar-refractivity contribution in [1.82, 2.24) is 5.32 Å². The van der Waals surface area contributed by atoms with Crippen LogP contribution in [0.2, 0.25) is 0 Å². The minimum atomic E-state index is -0.946. The Labute approximate surface area is 206 Å². The lowest BCUT2D eigenvalue weighted by Gasteiger charge is -2.38. The third-order valence-electron chi connectivity index (χ3n) is 6.67. The van der Waals surface area contributed by atoms with E-state index in [1.807, 2.05) is 33.8 Å². The van der Waals surface area contributed by atoms with Crippen LogP contribution in [0.25, 0.3) is 0 Å². The van der Waals surface area contributed by atoms with Crippen molar-refractivity contribution in [2.75, 3.05) is 20.8 Å². The fourth-order valence-corrected chi connectivity index (χ4v) is 4.75. The first-order valence-electron chi connectivity index (χ1n) is 12.0. The van der Waals surface area contributed by atoms with E-state index in [1.165, 1.54) is 14.2 Å². The Kier molecular flexibility index (Phi) is 8.25. The molecule has 0 saturated carbocycles. The van der Waals surface area contributed by atoms with Crippen molar-refractivity contribution in [1.29, 1.82) is 0 Å². The van der Waals surface area contributed by atoms with Gasteiger partial charge >= 0.3 is 11.9 Å². The molecule has 0 amide bonds. The van der Waals surface area contributed by atoms with E-state index in [2.05, 4.69) is 5.32 Å². The number of ether oxygens (including phenoxy) is 4. The zero-order valence-corrected chi connectivity index (χ0v) is 21.5. The topological polar surface area (TPSA) is 100 Å². The summed E-state index contributed by atoms with van der Waals surface area (Å²) in [5.74, 6) is -2.32. The lowest BCUT2D eigenvalue weighted by Crippen LogP contribution is -2.43. The first-order valence-corrected chi connectivity index (χ1v) is 12.0. The van der Waals surface area contributed by atoms with Crippen LogP contribution in [-0.4, -0.2) is 44.7 Å². The van der Waals surface area contributed by atoms with Crippen LogP contribution in [0.4, 0.5) is 0 Å². The number of ketones is 1. The highest BCUT2D eigenvalue weighted by Crippen LogP contribution is 2.47. The van der Waals surface area contributed by atoms with Crippen molar-refractivity contribution in [3.8, 4) is 11.5 Å². The SMILES string of the molecule is CCOc1ccc([C@@H]2C(C(=O)O[C@@H](C)CC)=C(C)NC3=C2C(=O)[C@H](C(=O)OC)[C@H](C)C3)cc1OC. The van der Waals surface area contributed by atoms with Gasteiger partial charge in [0.15, 0.2) is 17.3 Å². The second-order valence-corrected chi connectivity index (χ2v) is 9.00. The molecule has 1 aliphatic carbocycles. The normalized spacial score (nSPS) is 22.7. The fourth-order valence-electron chi connectivity index (χ4n) is 4.75. The van der Waals surface area contributed by atoms with Crippen LogP contribution < -0.4 is 14.8 Å². The lowest BCUT2D eigenvalue weighted by molar-refractivity contribution is -0.151. The second-order valence-electron chi connectivity index (χ2n) is 9.00. The fraction of sp³-hybridized carbons (Fsp3) is 0.519. The Morgan fingerprint density at radius 2 is 1.89 bits per heavy atom. The van der Waals surface area contributed by atoms with Crippen molar-refractivity contribution < 1.29 is 33.3 Å². The van der Waals surface area contributed by atoms with Gasteiger partial charge in [-0.3, -0.25) is 9.59 Å². The van der Waals surface area contributed by atoms with E-state index in [4.69, 9.17) is 18.9 Å². The number of allylic oxidation sites excluding steroid dienone is 3. The number of carbonyl (C=O) groups excluding carboxylic acids is 3. The molecule has 0 aromatic heterocycles. The monoisotopic (exact) mass is 485 g/mol. The van der Waals surface area contributed by atoms with E-state index in [0.29, 0.717) is 59.1 Å². The Morgan fingerprint density at radius 1 is 1.17 bits per heavy atom. The van der Waals surface area contributed by atoms with Gasteiger partial charge in [-0.15, -0.1) is 0 Å². The van der Waals surface area contributed by atoms with Crippen LogP contribution in [0, 0.1) is 11.8 Å². The zero-order valence-electron chi connectivity index (χ0n) is 21.5. The molecule has 1 aliphatic heterocycles. The van der Waals surface area contributed by atoms with Gasteiger partial charge in [-0.25, -0.2) is 4.79 Å². The molecule has 4 atom stereocenters. The van der Waals surface area contributed by atoms with Crippen LogP contribution >= 0.6 is 0 Å². The highest BCUT2D eigenvalue weighted by Gasteiger charge is 2.47. The number of dihydropyridines is 1. The van der Waals surface area contributed by atoms with E-state index in [-0.39, 0.29) is 17.8 Å². The third kappa shape index (κ3) is 5.06. The van der Waals surface area contributed by atoms with Crippen LogP contribution in [0.1, 0.15) is 58.9 Å². The number of carbonyl (C=O) groups is 3. The molecule has 1 N–H and O–H groups in total. The molecule has 190 valence electrons. The molecule has 0 saturated heterocycles. The average Bonchev–Trinajstić information content (AvgIpc) is 2.83. The maximum Gasteiger partial charge on any atom is 0.337 e. The molecular formula is C27H35NO7. The zero-order chi connectivity index (χ0) is 25.9. The van der Waals surface area contributed by atoms with Gasteiger partial charge in [0.2, 0.25) is 0 Å². The molecule has 0 bridgehead atoms. The van der Waals surface area contributed by atoms with E-state index in [9.17, 15) is 14.4 Å². The number of rotatable bonds is 8. The standard InChI is InChI=1S/C27H35NO7/c1-8-15(4)35-27(31)22-16(5)28-18-12-14(3)21(26(30)33-7)25(29)24(18)23(22)17-10-11-19(34-9-2)20(13-17)32-6/h10-11,13-15,21,23,28H,8-9,12H2,1-7H3/t14-,15+,21-,23-/m1/s1. The third-order valence-corrected chi connectivity index (χ3v) is 6.67.